The molecule has 0 aliphatic rings. The normalized spacial score (nSPS) is 10.1. The van der Waals surface area contributed by atoms with Gasteiger partial charge in [-0.05, 0) is 35.9 Å². The van der Waals surface area contributed by atoms with Crippen molar-refractivity contribution in [2.75, 3.05) is 39.8 Å². The zero-order chi connectivity index (χ0) is 19.8. The zero-order valence-corrected chi connectivity index (χ0v) is 16.0. The molecule has 0 fully saturated rings. The van der Waals surface area contributed by atoms with Gasteiger partial charge in [-0.25, -0.2) is 0 Å². The van der Waals surface area contributed by atoms with Crippen molar-refractivity contribution in [1.82, 2.24) is 10.6 Å². The van der Waals surface area contributed by atoms with Crippen LogP contribution in [0.25, 0.3) is 0 Å². The van der Waals surface area contributed by atoms with E-state index in [1.807, 2.05) is 43.3 Å². The number of rotatable bonds is 8. The lowest BCUT2D eigenvalue weighted by Gasteiger charge is -2.13. The molecule has 0 unspecified atom stereocenters. The van der Waals surface area contributed by atoms with Crippen molar-refractivity contribution < 1.29 is 19.1 Å². The molecule has 7 heteroatoms. The summed E-state index contributed by atoms with van der Waals surface area (Å²) in [6.07, 6.45) is 0. The summed E-state index contributed by atoms with van der Waals surface area (Å²) in [5, 5.41) is 5.38. The Bertz CT molecular complexity index is 788. The molecule has 0 aromatic heterocycles. The molecule has 27 heavy (non-hydrogen) atoms. The Morgan fingerprint density at radius 1 is 0.926 bits per heavy atom. The summed E-state index contributed by atoms with van der Waals surface area (Å²) < 4.78 is 10.3. The third-order valence-corrected chi connectivity index (χ3v) is 4.00. The van der Waals surface area contributed by atoms with Gasteiger partial charge >= 0.3 is 0 Å². The molecule has 0 heterocycles. The predicted molar refractivity (Wildman–Crippen MR) is 104 cm³/mol. The van der Waals surface area contributed by atoms with Gasteiger partial charge < -0.3 is 25.0 Å². The zero-order valence-electron chi connectivity index (χ0n) is 16.0. The molecule has 7 nitrogen and oxygen atoms in total. The fraction of sp³-hybridized carbons (Fsp3) is 0.300. The average Bonchev–Trinajstić information content (AvgIpc) is 2.70. The van der Waals surface area contributed by atoms with Gasteiger partial charge in [-0.15, -0.1) is 0 Å². The molecule has 2 amide bonds. The van der Waals surface area contributed by atoms with Gasteiger partial charge in [0.2, 0.25) is 5.91 Å². The lowest BCUT2D eigenvalue weighted by Crippen LogP contribution is -2.36. The SMILES string of the molecule is COc1ccc(C(=O)NCC(=O)NCc2ccc(N(C)C)cc2)cc1OC. The smallest absolute Gasteiger partial charge is 0.251 e. The fourth-order valence-electron chi connectivity index (χ4n) is 2.42. The number of benzene rings is 2. The van der Waals surface area contributed by atoms with Gasteiger partial charge in [0, 0.05) is 31.9 Å². The van der Waals surface area contributed by atoms with Crippen LogP contribution in [-0.2, 0) is 11.3 Å². The summed E-state index contributed by atoms with van der Waals surface area (Å²) in [6.45, 7) is 0.293. The Morgan fingerprint density at radius 3 is 2.19 bits per heavy atom. The van der Waals surface area contributed by atoms with Crippen LogP contribution in [0.5, 0.6) is 11.5 Å². The van der Waals surface area contributed by atoms with Crippen LogP contribution in [0.1, 0.15) is 15.9 Å². The van der Waals surface area contributed by atoms with E-state index < -0.39 is 0 Å². The monoisotopic (exact) mass is 371 g/mol. The van der Waals surface area contributed by atoms with Crippen LogP contribution in [0.2, 0.25) is 0 Å². The number of carbonyl (C=O) groups is 2. The van der Waals surface area contributed by atoms with Crippen LogP contribution >= 0.6 is 0 Å². The van der Waals surface area contributed by atoms with E-state index in [0.29, 0.717) is 23.6 Å². The summed E-state index contributed by atoms with van der Waals surface area (Å²) in [4.78, 5) is 26.2. The number of hydrogen-bond donors (Lipinski definition) is 2. The molecule has 0 spiro atoms. The molecule has 0 bridgehead atoms. The third-order valence-electron chi connectivity index (χ3n) is 4.00. The second kappa shape index (κ2) is 9.47. The van der Waals surface area contributed by atoms with E-state index >= 15 is 0 Å². The van der Waals surface area contributed by atoms with E-state index in [2.05, 4.69) is 10.6 Å². The summed E-state index contributed by atoms with van der Waals surface area (Å²) in [7, 11) is 6.96. The summed E-state index contributed by atoms with van der Waals surface area (Å²) in [6, 6.07) is 12.7. The second-order valence-corrected chi connectivity index (χ2v) is 6.09. The van der Waals surface area contributed by atoms with Crippen molar-refractivity contribution in [2.45, 2.75) is 6.54 Å². The maximum absolute atomic E-state index is 12.2. The van der Waals surface area contributed by atoms with E-state index in [4.69, 9.17) is 9.47 Å². The third kappa shape index (κ3) is 5.64. The Hall–Kier alpha value is -3.22. The van der Waals surface area contributed by atoms with Crippen molar-refractivity contribution in [3.8, 4) is 11.5 Å². The van der Waals surface area contributed by atoms with E-state index in [9.17, 15) is 9.59 Å². The first-order valence-electron chi connectivity index (χ1n) is 8.47. The Balaban J connectivity index is 1.83. The number of carbonyl (C=O) groups excluding carboxylic acids is 2. The van der Waals surface area contributed by atoms with E-state index in [-0.39, 0.29) is 18.4 Å². The van der Waals surface area contributed by atoms with Crippen LogP contribution in [-0.4, -0.2) is 46.7 Å². The minimum absolute atomic E-state index is 0.108. The molecule has 0 saturated heterocycles. The summed E-state index contributed by atoms with van der Waals surface area (Å²) in [5.41, 5.74) is 2.46. The van der Waals surface area contributed by atoms with Gasteiger partial charge in [0.15, 0.2) is 11.5 Å². The van der Waals surface area contributed by atoms with E-state index in [0.717, 1.165) is 11.3 Å². The van der Waals surface area contributed by atoms with E-state index in [1.165, 1.54) is 14.2 Å². The number of amides is 2. The first-order valence-corrected chi connectivity index (χ1v) is 8.47. The fourth-order valence-corrected chi connectivity index (χ4v) is 2.42. The molecule has 2 rings (SSSR count). The van der Waals surface area contributed by atoms with Crippen LogP contribution in [0.4, 0.5) is 5.69 Å². The topological polar surface area (TPSA) is 79.9 Å². The van der Waals surface area contributed by atoms with Crippen molar-refractivity contribution in [3.63, 3.8) is 0 Å². The van der Waals surface area contributed by atoms with Gasteiger partial charge in [0.1, 0.15) is 0 Å². The average molecular weight is 371 g/mol. The molecule has 2 N–H and O–H groups in total. The standard InChI is InChI=1S/C20H25N3O4/c1-23(2)16-8-5-14(6-9-16)12-21-19(24)13-22-20(25)15-7-10-17(26-3)18(11-15)27-4/h5-11H,12-13H2,1-4H3,(H,21,24)(H,22,25). The first-order chi connectivity index (χ1) is 12.9. The number of hydrogen-bond acceptors (Lipinski definition) is 5. The lowest BCUT2D eigenvalue weighted by atomic mass is 10.2. The first kappa shape index (κ1) is 20.1. The minimum Gasteiger partial charge on any atom is -0.493 e. The maximum Gasteiger partial charge on any atom is 0.251 e. The van der Waals surface area contributed by atoms with Gasteiger partial charge in [0.25, 0.3) is 5.91 Å². The molecule has 0 aliphatic carbocycles. The van der Waals surface area contributed by atoms with Gasteiger partial charge in [0.05, 0.1) is 20.8 Å². The van der Waals surface area contributed by atoms with Gasteiger partial charge in [-0.3, -0.25) is 9.59 Å². The molecule has 0 atom stereocenters. The predicted octanol–water partition coefficient (Wildman–Crippen LogP) is 1.82. The van der Waals surface area contributed by atoms with Crippen molar-refractivity contribution >= 4 is 17.5 Å². The Morgan fingerprint density at radius 2 is 1.59 bits per heavy atom. The number of nitrogens with one attached hydrogen (secondary N) is 2. The van der Waals surface area contributed by atoms with E-state index in [1.54, 1.807) is 18.2 Å². The van der Waals surface area contributed by atoms with Gasteiger partial charge in [-0.1, -0.05) is 12.1 Å². The van der Waals surface area contributed by atoms with Crippen molar-refractivity contribution in [3.05, 3.63) is 53.6 Å². The highest BCUT2D eigenvalue weighted by Gasteiger charge is 2.12. The Labute approximate surface area is 159 Å². The quantitative estimate of drug-likeness (QED) is 0.740. The van der Waals surface area contributed by atoms with Crippen LogP contribution in [0.15, 0.2) is 42.5 Å². The number of nitrogens with zero attached hydrogens (tertiary/aromatic N) is 1. The van der Waals surface area contributed by atoms with Crippen LogP contribution < -0.4 is 25.0 Å². The number of anilines is 1. The molecule has 144 valence electrons. The van der Waals surface area contributed by atoms with Crippen LogP contribution in [0.3, 0.4) is 0 Å². The molecule has 0 aliphatic heterocycles. The minimum atomic E-state index is -0.360. The molecule has 0 saturated carbocycles. The molecule has 2 aromatic rings. The number of ether oxygens (including phenoxy) is 2. The largest absolute Gasteiger partial charge is 0.493 e. The highest BCUT2D eigenvalue weighted by molar-refractivity contribution is 5.97. The Kier molecular flexibility index (Phi) is 7.05. The van der Waals surface area contributed by atoms with Crippen LogP contribution in [0, 0.1) is 0 Å². The van der Waals surface area contributed by atoms with Gasteiger partial charge in [-0.2, -0.15) is 0 Å². The highest BCUT2D eigenvalue weighted by Crippen LogP contribution is 2.27. The molecular formula is C20H25N3O4. The second-order valence-electron chi connectivity index (χ2n) is 6.09. The molecule has 0 radical (unpaired) electrons. The number of methoxy groups -OCH3 is 2. The molecular weight excluding hydrogens is 346 g/mol. The highest BCUT2D eigenvalue weighted by atomic mass is 16.5. The van der Waals surface area contributed by atoms with Crippen molar-refractivity contribution in [1.29, 1.82) is 0 Å². The maximum atomic E-state index is 12.2. The summed E-state index contributed by atoms with van der Waals surface area (Å²) >= 11 is 0. The molecule has 2 aromatic carbocycles. The lowest BCUT2D eigenvalue weighted by molar-refractivity contribution is -0.120. The van der Waals surface area contributed by atoms with Crippen molar-refractivity contribution in [2.24, 2.45) is 0 Å². The summed E-state index contributed by atoms with van der Waals surface area (Å²) in [5.74, 6) is 0.366.